The zero-order chi connectivity index (χ0) is 10.7. The van der Waals surface area contributed by atoms with Gasteiger partial charge >= 0.3 is 0 Å². The van der Waals surface area contributed by atoms with Crippen LogP contribution in [0.25, 0.3) is 0 Å². The van der Waals surface area contributed by atoms with Gasteiger partial charge in [-0.25, -0.2) is 9.97 Å². The summed E-state index contributed by atoms with van der Waals surface area (Å²) in [6.07, 6.45) is 0.868. The molecular weight excluding hydrogens is 287 g/mol. The summed E-state index contributed by atoms with van der Waals surface area (Å²) in [4.78, 5) is 8.35. The second-order valence-corrected chi connectivity index (χ2v) is 4.84. The van der Waals surface area contributed by atoms with Crippen molar-refractivity contribution in [3.05, 3.63) is 21.1 Å². The number of nitrogens with zero attached hydrogens (tertiary/aromatic N) is 2. The van der Waals surface area contributed by atoms with Crippen LogP contribution in [-0.4, -0.2) is 9.97 Å². The Labute approximate surface area is 102 Å². The lowest BCUT2D eigenvalue weighted by Gasteiger charge is -2.08. The average molecular weight is 298 g/mol. The largest absolute Gasteiger partial charge is 0.235 e. The van der Waals surface area contributed by atoms with E-state index in [4.69, 9.17) is 23.2 Å². The molecule has 0 aliphatic rings. The van der Waals surface area contributed by atoms with Crippen LogP contribution in [0.4, 0.5) is 0 Å². The molecule has 1 aromatic heterocycles. The van der Waals surface area contributed by atoms with Crippen molar-refractivity contribution in [2.24, 2.45) is 5.92 Å². The van der Waals surface area contributed by atoms with Gasteiger partial charge in [-0.15, -0.1) is 11.6 Å². The van der Waals surface area contributed by atoms with Crippen molar-refractivity contribution in [3.8, 4) is 0 Å². The standard InChI is InChI=1S/C9H11BrCl2N2/c1-5(2)3-6-8(10)9(12)14-7(4-11)13-6/h5H,3-4H2,1-2H3. The number of halogens is 3. The normalized spacial score (nSPS) is 11.0. The van der Waals surface area contributed by atoms with Gasteiger partial charge in [0.1, 0.15) is 11.0 Å². The predicted octanol–water partition coefficient (Wildman–Crippen LogP) is 3.83. The molecule has 0 atom stereocenters. The molecule has 0 aromatic carbocycles. The first kappa shape index (κ1) is 12.2. The van der Waals surface area contributed by atoms with E-state index in [0.29, 0.717) is 16.9 Å². The number of hydrogen-bond acceptors (Lipinski definition) is 2. The molecule has 0 aliphatic carbocycles. The highest BCUT2D eigenvalue weighted by Gasteiger charge is 2.11. The maximum Gasteiger partial charge on any atom is 0.147 e. The Kier molecular flexibility index (Phi) is 4.61. The first-order chi connectivity index (χ1) is 6.54. The molecule has 0 aliphatic heterocycles. The smallest absolute Gasteiger partial charge is 0.147 e. The average Bonchev–Trinajstić information content (AvgIpc) is 2.11. The van der Waals surface area contributed by atoms with Crippen molar-refractivity contribution >= 4 is 39.1 Å². The maximum atomic E-state index is 5.92. The fraction of sp³-hybridized carbons (Fsp3) is 0.556. The van der Waals surface area contributed by atoms with Gasteiger partial charge in [-0.05, 0) is 28.3 Å². The van der Waals surface area contributed by atoms with E-state index in [9.17, 15) is 0 Å². The lowest BCUT2D eigenvalue weighted by Crippen LogP contribution is -2.03. The Morgan fingerprint density at radius 3 is 2.50 bits per heavy atom. The summed E-state index contributed by atoms with van der Waals surface area (Å²) in [6.45, 7) is 4.26. The molecule has 0 bridgehead atoms. The van der Waals surface area contributed by atoms with E-state index < -0.39 is 0 Å². The molecule has 14 heavy (non-hydrogen) atoms. The van der Waals surface area contributed by atoms with Crippen LogP contribution < -0.4 is 0 Å². The van der Waals surface area contributed by atoms with Crippen LogP contribution in [0.5, 0.6) is 0 Å². The summed E-state index contributed by atoms with van der Waals surface area (Å²) in [7, 11) is 0. The van der Waals surface area contributed by atoms with Gasteiger partial charge in [0.25, 0.3) is 0 Å². The van der Waals surface area contributed by atoms with Crippen molar-refractivity contribution in [1.82, 2.24) is 9.97 Å². The summed E-state index contributed by atoms with van der Waals surface area (Å²) in [5.74, 6) is 1.40. The molecule has 5 heteroatoms. The van der Waals surface area contributed by atoms with Crippen molar-refractivity contribution in [2.75, 3.05) is 0 Å². The first-order valence-electron chi connectivity index (χ1n) is 4.31. The third kappa shape index (κ3) is 3.07. The summed E-state index contributed by atoms with van der Waals surface area (Å²) in [5.41, 5.74) is 0.927. The SMILES string of the molecule is CC(C)Cc1nc(CCl)nc(Cl)c1Br. The third-order valence-electron chi connectivity index (χ3n) is 1.65. The summed E-state index contributed by atoms with van der Waals surface area (Å²) in [6, 6.07) is 0. The van der Waals surface area contributed by atoms with Gasteiger partial charge in [-0.1, -0.05) is 25.4 Å². The lowest BCUT2D eigenvalue weighted by atomic mass is 10.1. The van der Waals surface area contributed by atoms with E-state index >= 15 is 0 Å². The van der Waals surface area contributed by atoms with Gasteiger partial charge < -0.3 is 0 Å². The quantitative estimate of drug-likeness (QED) is 0.626. The monoisotopic (exact) mass is 296 g/mol. The van der Waals surface area contributed by atoms with Gasteiger partial charge in [0.2, 0.25) is 0 Å². The van der Waals surface area contributed by atoms with Crippen LogP contribution in [-0.2, 0) is 12.3 Å². The third-order valence-corrected chi connectivity index (χ3v) is 3.22. The second-order valence-electron chi connectivity index (χ2n) is 3.42. The van der Waals surface area contributed by atoms with Crippen molar-refractivity contribution in [1.29, 1.82) is 0 Å². The van der Waals surface area contributed by atoms with Crippen LogP contribution in [0.3, 0.4) is 0 Å². The van der Waals surface area contributed by atoms with Crippen LogP contribution in [0, 0.1) is 5.92 Å². The van der Waals surface area contributed by atoms with Gasteiger partial charge in [-0.2, -0.15) is 0 Å². The first-order valence-corrected chi connectivity index (χ1v) is 6.02. The van der Waals surface area contributed by atoms with Gasteiger partial charge in [0, 0.05) is 0 Å². The van der Waals surface area contributed by atoms with Gasteiger partial charge in [-0.3, -0.25) is 0 Å². The van der Waals surface area contributed by atoms with E-state index in [2.05, 4.69) is 39.7 Å². The second kappa shape index (κ2) is 5.29. The predicted molar refractivity (Wildman–Crippen MR) is 62.8 cm³/mol. The zero-order valence-electron chi connectivity index (χ0n) is 8.02. The molecule has 2 nitrogen and oxygen atoms in total. The fourth-order valence-electron chi connectivity index (χ4n) is 1.09. The molecule has 0 unspecified atom stereocenters. The Morgan fingerprint density at radius 1 is 1.36 bits per heavy atom. The number of alkyl halides is 1. The number of rotatable bonds is 3. The topological polar surface area (TPSA) is 25.8 Å². The highest BCUT2D eigenvalue weighted by atomic mass is 79.9. The summed E-state index contributed by atoms with van der Waals surface area (Å²) >= 11 is 15.0. The Morgan fingerprint density at radius 2 is 2.00 bits per heavy atom. The minimum absolute atomic E-state index is 0.290. The zero-order valence-corrected chi connectivity index (χ0v) is 11.1. The highest BCUT2D eigenvalue weighted by Crippen LogP contribution is 2.25. The number of aromatic nitrogens is 2. The molecule has 0 fully saturated rings. The maximum absolute atomic E-state index is 5.92. The van der Waals surface area contributed by atoms with Crippen LogP contribution in [0.1, 0.15) is 25.4 Å². The molecule has 78 valence electrons. The molecule has 0 spiro atoms. The van der Waals surface area contributed by atoms with Gasteiger partial charge in [0.15, 0.2) is 0 Å². The molecule has 0 saturated carbocycles. The minimum atomic E-state index is 0.290. The van der Waals surface area contributed by atoms with E-state index in [0.717, 1.165) is 16.6 Å². The minimum Gasteiger partial charge on any atom is -0.235 e. The molecule has 0 radical (unpaired) electrons. The summed E-state index contributed by atoms with van der Waals surface area (Å²) in [5, 5.41) is 0.436. The molecule has 1 rings (SSSR count). The molecule has 0 amide bonds. The van der Waals surface area contributed by atoms with Crippen LogP contribution >= 0.6 is 39.1 Å². The Balaban J connectivity index is 3.07. The molecule has 1 heterocycles. The van der Waals surface area contributed by atoms with Gasteiger partial charge in [0.05, 0.1) is 16.0 Å². The number of hydrogen-bond donors (Lipinski definition) is 0. The van der Waals surface area contributed by atoms with Crippen molar-refractivity contribution in [2.45, 2.75) is 26.1 Å². The van der Waals surface area contributed by atoms with E-state index in [1.807, 2.05) is 0 Å². The molecular formula is C9H11BrCl2N2. The van der Waals surface area contributed by atoms with Crippen molar-refractivity contribution < 1.29 is 0 Å². The molecule has 1 aromatic rings. The molecule has 0 saturated heterocycles. The fourth-order valence-corrected chi connectivity index (χ4v) is 1.76. The van der Waals surface area contributed by atoms with Crippen LogP contribution in [0.2, 0.25) is 5.15 Å². The van der Waals surface area contributed by atoms with Crippen molar-refractivity contribution in [3.63, 3.8) is 0 Å². The van der Waals surface area contributed by atoms with E-state index in [1.165, 1.54) is 0 Å². The van der Waals surface area contributed by atoms with Crippen LogP contribution in [0.15, 0.2) is 4.47 Å². The Bertz CT molecular complexity index is 329. The summed E-state index contributed by atoms with van der Waals surface area (Å²) < 4.78 is 0.779. The van der Waals surface area contributed by atoms with E-state index in [1.54, 1.807) is 0 Å². The highest BCUT2D eigenvalue weighted by molar-refractivity contribution is 9.10. The van der Waals surface area contributed by atoms with E-state index in [-0.39, 0.29) is 5.88 Å². The molecule has 0 N–H and O–H groups in total. The lowest BCUT2D eigenvalue weighted by molar-refractivity contribution is 0.629. The Hall–Kier alpha value is 0.140.